The maximum atomic E-state index is 13.3. The number of hydrogen-bond donors (Lipinski definition) is 1. The van der Waals surface area contributed by atoms with E-state index in [2.05, 4.69) is 10.2 Å². The quantitative estimate of drug-likeness (QED) is 0.878. The van der Waals surface area contributed by atoms with Gasteiger partial charge in [0.2, 0.25) is 5.91 Å². The second kappa shape index (κ2) is 7.54. The first-order valence-corrected chi connectivity index (χ1v) is 10.0. The number of amides is 2. The summed E-state index contributed by atoms with van der Waals surface area (Å²) in [6, 6.07) is 5.99. The van der Waals surface area contributed by atoms with Gasteiger partial charge in [-0.25, -0.2) is 0 Å². The van der Waals surface area contributed by atoms with Gasteiger partial charge >= 0.3 is 0 Å². The van der Waals surface area contributed by atoms with Crippen molar-refractivity contribution in [1.82, 2.24) is 20.0 Å². The van der Waals surface area contributed by atoms with Gasteiger partial charge in [-0.1, -0.05) is 11.6 Å². The number of carbonyl (C=O) groups is 2. The van der Waals surface area contributed by atoms with E-state index in [-0.39, 0.29) is 17.2 Å². The van der Waals surface area contributed by atoms with Crippen molar-refractivity contribution in [2.45, 2.75) is 32.6 Å². The Balaban J connectivity index is 1.53. The van der Waals surface area contributed by atoms with Gasteiger partial charge in [0.15, 0.2) is 5.69 Å². The van der Waals surface area contributed by atoms with Gasteiger partial charge in [0.1, 0.15) is 0 Å². The van der Waals surface area contributed by atoms with E-state index < -0.39 is 0 Å². The van der Waals surface area contributed by atoms with Gasteiger partial charge in [0, 0.05) is 50.5 Å². The average molecular weight is 384 g/mol. The summed E-state index contributed by atoms with van der Waals surface area (Å²) in [5.74, 6) is 0.177. The molecule has 0 bridgehead atoms. The minimum Gasteiger partial charge on any atom is -0.383 e. The van der Waals surface area contributed by atoms with E-state index >= 15 is 0 Å². The van der Waals surface area contributed by atoms with E-state index in [0.717, 1.165) is 42.3 Å². The van der Waals surface area contributed by atoms with Gasteiger partial charge in [-0.05, 0) is 38.3 Å². The molecule has 28 heavy (non-hydrogen) atoms. The molecule has 2 saturated heterocycles. The van der Waals surface area contributed by atoms with Gasteiger partial charge < -0.3 is 14.5 Å². The number of methoxy groups -OCH3 is 1. The fourth-order valence-corrected chi connectivity index (χ4v) is 4.66. The molecule has 2 fully saturated rings. The van der Waals surface area contributed by atoms with Crippen molar-refractivity contribution in [3.8, 4) is 0 Å². The molecule has 2 amide bonds. The summed E-state index contributed by atoms with van der Waals surface area (Å²) >= 11 is 0. The molecule has 2 aliphatic rings. The number of likely N-dealkylation sites (tertiary alicyclic amines) is 2. The third-order valence-corrected chi connectivity index (χ3v) is 6.18. The van der Waals surface area contributed by atoms with Crippen LogP contribution in [0, 0.1) is 12.3 Å². The molecule has 7 heteroatoms. The van der Waals surface area contributed by atoms with E-state index in [1.165, 1.54) is 0 Å². The van der Waals surface area contributed by atoms with Crippen LogP contribution in [0.1, 0.15) is 41.7 Å². The smallest absolute Gasteiger partial charge is 0.275 e. The first-order valence-electron chi connectivity index (χ1n) is 10.0. The fourth-order valence-electron chi connectivity index (χ4n) is 4.66. The number of benzene rings is 1. The summed E-state index contributed by atoms with van der Waals surface area (Å²) in [7, 11) is 1.65. The molecular weight excluding hydrogens is 356 g/mol. The van der Waals surface area contributed by atoms with Crippen molar-refractivity contribution >= 4 is 22.7 Å². The molecule has 1 aromatic heterocycles. The van der Waals surface area contributed by atoms with E-state index in [9.17, 15) is 9.59 Å². The molecule has 2 aliphatic heterocycles. The SMILES string of the molecule is COCCN1C[C@@]2(CCCN(C(=O)c3n[nH]c4ccc(C)cc34)C2)CCC1=O. The first-order chi connectivity index (χ1) is 13.5. The lowest BCUT2D eigenvalue weighted by atomic mass is 9.73. The standard InChI is InChI=1S/C21H28N4O3/c1-15-4-5-17-16(12-15)19(23-22-17)20(27)25-9-3-7-21(14-25)8-6-18(26)24(13-21)10-11-28-2/h4-5,12H,3,6-11,13-14H2,1-2H3,(H,22,23)/t21-/m1/s1. The molecule has 0 saturated carbocycles. The highest BCUT2D eigenvalue weighted by molar-refractivity contribution is 6.04. The van der Waals surface area contributed by atoms with E-state index in [4.69, 9.17) is 4.74 Å². The molecule has 4 rings (SSSR count). The number of H-pyrrole nitrogens is 1. The number of nitrogens with zero attached hydrogens (tertiary/aromatic N) is 3. The van der Waals surface area contributed by atoms with Crippen molar-refractivity contribution in [1.29, 1.82) is 0 Å². The molecule has 0 unspecified atom stereocenters. The Labute approximate surface area is 165 Å². The van der Waals surface area contributed by atoms with Crippen molar-refractivity contribution in [2.24, 2.45) is 5.41 Å². The zero-order valence-corrected chi connectivity index (χ0v) is 16.7. The average Bonchev–Trinajstić information content (AvgIpc) is 3.11. The van der Waals surface area contributed by atoms with Gasteiger partial charge in [0.05, 0.1) is 12.1 Å². The minimum absolute atomic E-state index is 0.0163. The van der Waals surface area contributed by atoms with Crippen LogP contribution in [0.4, 0.5) is 0 Å². The molecular formula is C21H28N4O3. The highest BCUT2D eigenvalue weighted by Gasteiger charge is 2.43. The Bertz CT molecular complexity index is 893. The number of aryl methyl sites for hydroxylation is 1. The fraction of sp³-hybridized carbons (Fsp3) is 0.571. The van der Waals surface area contributed by atoms with Crippen LogP contribution in [0.3, 0.4) is 0 Å². The van der Waals surface area contributed by atoms with Gasteiger partial charge in [-0.3, -0.25) is 14.7 Å². The Morgan fingerprint density at radius 1 is 1.32 bits per heavy atom. The normalized spacial score (nSPS) is 23.0. The van der Waals surface area contributed by atoms with Crippen LogP contribution in [0.5, 0.6) is 0 Å². The number of rotatable bonds is 4. The Morgan fingerprint density at radius 3 is 3.00 bits per heavy atom. The molecule has 0 radical (unpaired) electrons. The summed E-state index contributed by atoms with van der Waals surface area (Å²) < 4.78 is 5.16. The Morgan fingerprint density at radius 2 is 2.18 bits per heavy atom. The molecule has 7 nitrogen and oxygen atoms in total. The maximum Gasteiger partial charge on any atom is 0.275 e. The van der Waals surface area contributed by atoms with Gasteiger partial charge in [0.25, 0.3) is 5.91 Å². The van der Waals surface area contributed by atoms with Crippen LogP contribution in [0.2, 0.25) is 0 Å². The third-order valence-electron chi connectivity index (χ3n) is 6.18. The molecule has 2 aromatic rings. The molecule has 1 atom stereocenters. The first kappa shape index (κ1) is 18.9. The number of piperidine rings is 2. The van der Waals surface area contributed by atoms with E-state index in [1.54, 1.807) is 7.11 Å². The van der Waals surface area contributed by atoms with Crippen molar-refractivity contribution < 1.29 is 14.3 Å². The molecule has 1 N–H and O–H groups in total. The van der Waals surface area contributed by atoms with Gasteiger partial charge in [-0.15, -0.1) is 0 Å². The van der Waals surface area contributed by atoms with E-state index in [0.29, 0.717) is 38.4 Å². The number of nitrogens with one attached hydrogen (secondary N) is 1. The van der Waals surface area contributed by atoms with Crippen LogP contribution >= 0.6 is 0 Å². The van der Waals surface area contributed by atoms with Gasteiger partial charge in [-0.2, -0.15) is 5.10 Å². The largest absolute Gasteiger partial charge is 0.383 e. The molecule has 0 aliphatic carbocycles. The molecule has 3 heterocycles. The van der Waals surface area contributed by atoms with Crippen LogP contribution in [-0.2, 0) is 9.53 Å². The van der Waals surface area contributed by atoms with E-state index in [1.807, 2.05) is 34.9 Å². The summed E-state index contributed by atoms with van der Waals surface area (Å²) in [5, 5.41) is 8.17. The van der Waals surface area contributed by atoms with Crippen LogP contribution in [0.15, 0.2) is 18.2 Å². The summed E-state index contributed by atoms with van der Waals surface area (Å²) in [6.45, 7) is 5.32. The summed E-state index contributed by atoms with van der Waals surface area (Å²) in [4.78, 5) is 29.4. The summed E-state index contributed by atoms with van der Waals surface area (Å²) in [5.41, 5.74) is 2.48. The predicted octanol–water partition coefficient (Wildman–Crippen LogP) is 2.36. The molecule has 1 spiro atoms. The topological polar surface area (TPSA) is 78.5 Å². The van der Waals surface area contributed by atoms with Crippen LogP contribution < -0.4 is 0 Å². The highest BCUT2D eigenvalue weighted by Crippen LogP contribution is 2.39. The monoisotopic (exact) mass is 384 g/mol. The zero-order valence-electron chi connectivity index (χ0n) is 16.7. The lowest BCUT2D eigenvalue weighted by molar-refractivity contribution is -0.139. The summed E-state index contributed by atoms with van der Waals surface area (Å²) in [6.07, 6.45) is 3.41. The second-order valence-corrected chi connectivity index (χ2v) is 8.26. The Kier molecular flexibility index (Phi) is 5.10. The lowest BCUT2D eigenvalue weighted by Crippen LogP contribution is -2.55. The number of fused-ring (bicyclic) bond motifs is 1. The maximum absolute atomic E-state index is 13.3. The van der Waals surface area contributed by atoms with Crippen molar-refractivity contribution in [3.63, 3.8) is 0 Å². The number of carbonyl (C=O) groups excluding carboxylic acids is 2. The van der Waals surface area contributed by atoms with Crippen molar-refractivity contribution in [3.05, 3.63) is 29.5 Å². The predicted molar refractivity (Wildman–Crippen MR) is 106 cm³/mol. The molecule has 1 aromatic carbocycles. The van der Waals surface area contributed by atoms with Crippen LogP contribution in [-0.4, -0.2) is 71.7 Å². The molecule has 150 valence electrons. The Hall–Kier alpha value is -2.41. The number of ether oxygens (including phenoxy) is 1. The zero-order chi connectivity index (χ0) is 19.7. The lowest BCUT2D eigenvalue weighted by Gasteiger charge is -2.48. The second-order valence-electron chi connectivity index (χ2n) is 8.26. The van der Waals surface area contributed by atoms with Crippen molar-refractivity contribution in [2.75, 3.05) is 39.9 Å². The number of aromatic nitrogens is 2. The highest BCUT2D eigenvalue weighted by atomic mass is 16.5. The number of aromatic amines is 1. The number of hydrogen-bond acceptors (Lipinski definition) is 4. The minimum atomic E-state index is -0.0173. The third kappa shape index (κ3) is 3.51. The van der Waals surface area contributed by atoms with Crippen LogP contribution in [0.25, 0.3) is 10.9 Å².